The summed E-state index contributed by atoms with van der Waals surface area (Å²) in [5, 5.41) is 0. The number of hydrogen-bond acceptors (Lipinski definition) is 1. The molecule has 1 fully saturated rings. The van der Waals surface area contributed by atoms with Crippen LogP contribution in [0.4, 0.5) is 0 Å². The third-order valence-electron chi connectivity index (χ3n) is 3.21. The topological polar surface area (TPSA) is 3.24 Å². The highest BCUT2D eigenvalue weighted by molar-refractivity contribution is 9.09. The van der Waals surface area contributed by atoms with E-state index in [0.29, 0.717) is 5.41 Å². The lowest BCUT2D eigenvalue weighted by Gasteiger charge is -2.30. The van der Waals surface area contributed by atoms with Crippen molar-refractivity contribution in [3.05, 3.63) is 0 Å². The first-order valence-electron chi connectivity index (χ1n) is 6.25. The highest BCUT2D eigenvalue weighted by Crippen LogP contribution is 2.31. The number of alkyl halides is 1. The van der Waals surface area contributed by atoms with Gasteiger partial charge in [0.05, 0.1) is 0 Å². The second-order valence-corrected chi connectivity index (χ2v) is 7.51. The first kappa shape index (κ1) is 13.5. The average molecular weight is 276 g/mol. The Morgan fingerprint density at radius 2 is 2.07 bits per heavy atom. The highest BCUT2D eigenvalue weighted by Gasteiger charge is 2.28. The minimum atomic E-state index is 0.474. The molecule has 1 unspecified atom stereocenters. The predicted octanol–water partition coefficient (Wildman–Crippen LogP) is 3.92. The molecule has 1 atom stereocenters. The van der Waals surface area contributed by atoms with Crippen molar-refractivity contribution >= 4 is 15.9 Å². The molecule has 15 heavy (non-hydrogen) atoms. The number of nitrogens with zero attached hydrogens (tertiary/aromatic N) is 1. The lowest BCUT2D eigenvalue weighted by molar-refractivity contribution is 0.188. The van der Waals surface area contributed by atoms with E-state index >= 15 is 0 Å². The van der Waals surface area contributed by atoms with Crippen molar-refractivity contribution in [1.29, 1.82) is 0 Å². The molecule has 0 bridgehead atoms. The fourth-order valence-corrected chi connectivity index (χ4v) is 3.49. The summed E-state index contributed by atoms with van der Waals surface area (Å²) in [6, 6.07) is 0. The van der Waals surface area contributed by atoms with Gasteiger partial charge in [0.15, 0.2) is 0 Å². The normalized spacial score (nSPS) is 28.0. The summed E-state index contributed by atoms with van der Waals surface area (Å²) >= 11 is 3.79. The Balaban J connectivity index is 2.44. The van der Waals surface area contributed by atoms with E-state index in [2.05, 4.69) is 48.5 Å². The summed E-state index contributed by atoms with van der Waals surface area (Å²) in [5.74, 6) is 0.830. The molecule has 1 nitrogen and oxygen atoms in total. The van der Waals surface area contributed by atoms with E-state index < -0.39 is 0 Å². The van der Waals surface area contributed by atoms with E-state index in [1.807, 2.05) is 0 Å². The molecule has 0 aliphatic carbocycles. The van der Waals surface area contributed by atoms with Crippen LogP contribution < -0.4 is 0 Å². The third kappa shape index (κ3) is 5.35. The molecule has 90 valence electrons. The van der Waals surface area contributed by atoms with Gasteiger partial charge in [-0.25, -0.2) is 0 Å². The Morgan fingerprint density at radius 1 is 1.40 bits per heavy atom. The van der Waals surface area contributed by atoms with Crippen LogP contribution in [0.2, 0.25) is 0 Å². The van der Waals surface area contributed by atoms with Gasteiger partial charge in [0.1, 0.15) is 0 Å². The standard InChI is InChI=1S/C13H26BrN/c1-11(2)5-7-15-8-6-12(14)9-13(3,4)10-15/h11-12H,5-10H2,1-4H3. The number of likely N-dealkylation sites (tertiary alicyclic amines) is 1. The van der Waals surface area contributed by atoms with Gasteiger partial charge in [-0.05, 0) is 43.7 Å². The average Bonchev–Trinajstić information content (AvgIpc) is 2.20. The lowest BCUT2D eigenvalue weighted by Crippen LogP contribution is -2.33. The molecule has 1 aliphatic heterocycles. The summed E-state index contributed by atoms with van der Waals surface area (Å²) in [4.78, 5) is 3.37. The molecule has 1 heterocycles. The summed E-state index contributed by atoms with van der Waals surface area (Å²) in [6.07, 6.45) is 3.95. The molecule has 0 aromatic rings. The van der Waals surface area contributed by atoms with Crippen LogP contribution >= 0.6 is 15.9 Å². The van der Waals surface area contributed by atoms with Gasteiger partial charge in [-0.15, -0.1) is 0 Å². The van der Waals surface area contributed by atoms with Gasteiger partial charge in [-0.2, -0.15) is 0 Å². The summed E-state index contributed by atoms with van der Waals surface area (Å²) in [5.41, 5.74) is 0.474. The van der Waals surface area contributed by atoms with Crippen molar-refractivity contribution in [3.63, 3.8) is 0 Å². The molecule has 1 aliphatic rings. The van der Waals surface area contributed by atoms with Gasteiger partial charge in [0.25, 0.3) is 0 Å². The zero-order chi connectivity index (χ0) is 11.5. The molecular formula is C13H26BrN. The van der Waals surface area contributed by atoms with Crippen LogP contribution in [-0.4, -0.2) is 29.4 Å². The van der Waals surface area contributed by atoms with E-state index in [4.69, 9.17) is 0 Å². The van der Waals surface area contributed by atoms with E-state index in [1.165, 1.54) is 38.9 Å². The second kappa shape index (κ2) is 5.67. The maximum absolute atomic E-state index is 3.79. The van der Waals surface area contributed by atoms with Gasteiger partial charge in [-0.3, -0.25) is 0 Å². The monoisotopic (exact) mass is 275 g/mol. The lowest BCUT2D eigenvalue weighted by atomic mass is 9.88. The van der Waals surface area contributed by atoms with Gasteiger partial charge in [-0.1, -0.05) is 43.6 Å². The van der Waals surface area contributed by atoms with Crippen LogP contribution in [-0.2, 0) is 0 Å². The van der Waals surface area contributed by atoms with Gasteiger partial charge < -0.3 is 4.90 Å². The van der Waals surface area contributed by atoms with Gasteiger partial charge >= 0.3 is 0 Å². The maximum Gasteiger partial charge on any atom is 0.0163 e. The smallest absolute Gasteiger partial charge is 0.0163 e. The molecule has 0 saturated carbocycles. The summed E-state index contributed by atoms with van der Waals surface area (Å²) in [6.45, 7) is 13.2. The van der Waals surface area contributed by atoms with Crippen molar-refractivity contribution in [2.24, 2.45) is 11.3 Å². The molecule has 1 saturated heterocycles. The molecule has 0 radical (unpaired) electrons. The first-order valence-corrected chi connectivity index (χ1v) is 7.17. The number of hydrogen-bond donors (Lipinski definition) is 0. The molecule has 0 aromatic heterocycles. The van der Waals surface area contributed by atoms with Gasteiger partial charge in [0.2, 0.25) is 0 Å². The Morgan fingerprint density at radius 3 is 2.67 bits per heavy atom. The second-order valence-electron chi connectivity index (χ2n) is 6.21. The highest BCUT2D eigenvalue weighted by atomic mass is 79.9. The number of rotatable bonds is 3. The number of halogens is 1. The molecule has 0 N–H and O–H groups in total. The van der Waals surface area contributed by atoms with Crippen molar-refractivity contribution in [3.8, 4) is 0 Å². The van der Waals surface area contributed by atoms with E-state index in [1.54, 1.807) is 0 Å². The SMILES string of the molecule is CC(C)CCN1CCC(Br)CC(C)(C)C1. The maximum atomic E-state index is 3.79. The van der Waals surface area contributed by atoms with Crippen molar-refractivity contribution in [2.75, 3.05) is 19.6 Å². The third-order valence-corrected chi connectivity index (χ3v) is 3.99. The summed E-state index contributed by atoms with van der Waals surface area (Å²) < 4.78 is 0. The van der Waals surface area contributed by atoms with Crippen LogP contribution in [0, 0.1) is 11.3 Å². The fraction of sp³-hybridized carbons (Fsp3) is 1.00. The minimum absolute atomic E-state index is 0.474. The van der Waals surface area contributed by atoms with E-state index in [-0.39, 0.29) is 0 Å². The Labute approximate surface area is 104 Å². The molecule has 1 rings (SSSR count). The minimum Gasteiger partial charge on any atom is -0.303 e. The van der Waals surface area contributed by atoms with Gasteiger partial charge in [0, 0.05) is 11.4 Å². The quantitative estimate of drug-likeness (QED) is 0.706. The van der Waals surface area contributed by atoms with Crippen molar-refractivity contribution in [2.45, 2.75) is 51.8 Å². The van der Waals surface area contributed by atoms with Crippen LogP contribution in [0.25, 0.3) is 0 Å². The van der Waals surface area contributed by atoms with Crippen LogP contribution in [0.3, 0.4) is 0 Å². The van der Waals surface area contributed by atoms with Crippen molar-refractivity contribution < 1.29 is 0 Å². The predicted molar refractivity (Wildman–Crippen MR) is 71.6 cm³/mol. The summed E-state index contributed by atoms with van der Waals surface area (Å²) in [7, 11) is 0. The Hall–Kier alpha value is 0.440. The largest absolute Gasteiger partial charge is 0.303 e. The Bertz CT molecular complexity index is 189. The van der Waals surface area contributed by atoms with E-state index in [0.717, 1.165) is 10.7 Å². The molecular weight excluding hydrogens is 250 g/mol. The zero-order valence-corrected chi connectivity index (χ0v) is 12.3. The first-order chi connectivity index (χ1) is 6.89. The van der Waals surface area contributed by atoms with Crippen LogP contribution in [0.1, 0.15) is 47.0 Å². The van der Waals surface area contributed by atoms with Crippen LogP contribution in [0.5, 0.6) is 0 Å². The van der Waals surface area contributed by atoms with E-state index in [9.17, 15) is 0 Å². The van der Waals surface area contributed by atoms with Crippen molar-refractivity contribution in [1.82, 2.24) is 4.90 Å². The molecule has 0 spiro atoms. The molecule has 0 aromatic carbocycles. The Kier molecular flexibility index (Phi) is 5.11. The zero-order valence-electron chi connectivity index (χ0n) is 10.7. The van der Waals surface area contributed by atoms with Crippen LogP contribution in [0.15, 0.2) is 0 Å². The molecule has 2 heteroatoms. The fourth-order valence-electron chi connectivity index (χ4n) is 2.40. The molecule has 0 amide bonds.